The molecule has 1 aromatic rings. The van der Waals surface area contributed by atoms with Gasteiger partial charge in [-0.15, -0.1) is 0 Å². The van der Waals surface area contributed by atoms with Crippen LogP contribution in [-0.4, -0.2) is 21.0 Å². The van der Waals surface area contributed by atoms with E-state index in [0.29, 0.717) is 0 Å². The summed E-state index contributed by atoms with van der Waals surface area (Å²) in [6.07, 6.45) is 2.11. The van der Waals surface area contributed by atoms with Crippen molar-refractivity contribution in [3.8, 4) is 0 Å². The molecule has 0 saturated heterocycles. The molecule has 1 N–H and O–H groups in total. The fraction of sp³-hybridized carbons (Fsp3) is 0.500. The van der Waals surface area contributed by atoms with Crippen LogP contribution in [0, 0.1) is 0 Å². The van der Waals surface area contributed by atoms with E-state index in [1.54, 1.807) is 12.1 Å². The van der Waals surface area contributed by atoms with Gasteiger partial charge in [0, 0.05) is 8.07 Å². The Balaban J connectivity index is 2.58. The van der Waals surface area contributed by atoms with Crippen LogP contribution in [0.2, 0.25) is 25.7 Å². The largest absolute Gasteiger partial charge is 0.294 e. The molecule has 0 fully saturated rings. The van der Waals surface area contributed by atoms with Crippen LogP contribution in [0.5, 0.6) is 0 Å². The topological polar surface area (TPSA) is 54.4 Å². The SMILES string of the molecule is C[Si](C)(C)CCCc1ccc(S(=O)(=O)O)cc1. The van der Waals surface area contributed by atoms with Gasteiger partial charge in [0.05, 0.1) is 4.90 Å². The molecule has 17 heavy (non-hydrogen) atoms. The van der Waals surface area contributed by atoms with E-state index in [-0.39, 0.29) is 4.90 Å². The van der Waals surface area contributed by atoms with Crippen LogP contribution in [-0.2, 0) is 16.5 Å². The first-order chi connectivity index (χ1) is 7.68. The van der Waals surface area contributed by atoms with Gasteiger partial charge in [0.1, 0.15) is 0 Å². The van der Waals surface area contributed by atoms with Crippen molar-refractivity contribution in [2.75, 3.05) is 0 Å². The second-order valence-electron chi connectivity index (χ2n) is 5.53. The van der Waals surface area contributed by atoms with E-state index in [4.69, 9.17) is 4.55 Å². The molecule has 0 aliphatic heterocycles. The van der Waals surface area contributed by atoms with Crippen molar-refractivity contribution < 1.29 is 13.0 Å². The summed E-state index contributed by atoms with van der Waals surface area (Å²) in [6.45, 7) is 7.03. The summed E-state index contributed by atoms with van der Waals surface area (Å²) >= 11 is 0. The van der Waals surface area contributed by atoms with Crippen molar-refractivity contribution in [2.45, 2.75) is 43.4 Å². The van der Waals surface area contributed by atoms with Crippen LogP contribution in [0.3, 0.4) is 0 Å². The van der Waals surface area contributed by atoms with Crippen molar-refractivity contribution in [3.05, 3.63) is 29.8 Å². The average Bonchev–Trinajstić information content (AvgIpc) is 2.15. The summed E-state index contributed by atoms with van der Waals surface area (Å²) in [4.78, 5) is -0.0357. The Kier molecular flexibility index (Phi) is 4.52. The highest BCUT2D eigenvalue weighted by atomic mass is 32.2. The minimum atomic E-state index is -4.06. The van der Waals surface area contributed by atoms with Crippen LogP contribution < -0.4 is 0 Å². The lowest BCUT2D eigenvalue weighted by atomic mass is 10.1. The molecule has 0 aromatic heterocycles. The fourth-order valence-corrected chi connectivity index (χ4v) is 3.37. The van der Waals surface area contributed by atoms with Gasteiger partial charge in [-0.1, -0.05) is 44.2 Å². The highest BCUT2D eigenvalue weighted by molar-refractivity contribution is 7.85. The van der Waals surface area contributed by atoms with Crippen LogP contribution in [0.15, 0.2) is 29.2 Å². The third-order valence-corrected chi connectivity index (χ3v) is 5.33. The Morgan fingerprint density at radius 3 is 2.06 bits per heavy atom. The minimum Gasteiger partial charge on any atom is -0.282 e. The van der Waals surface area contributed by atoms with Gasteiger partial charge >= 0.3 is 0 Å². The Bertz CT molecular complexity index is 458. The number of hydrogen-bond acceptors (Lipinski definition) is 2. The zero-order chi connectivity index (χ0) is 13.1. The van der Waals surface area contributed by atoms with Gasteiger partial charge in [-0.25, -0.2) is 0 Å². The van der Waals surface area contributed by atoms with E-state index >= 15 is 0 Å². The molecule has 1 rings (SSSR count). The first-order valence-corrected chi connectivity index (χ1v) is 10.9. The lowest BCUT2D eigenvalue weighted by Gasteiger charge is -2.15. The number of benzene rings is 1. The van der Waals surface area contributed by atoms with E-state index in [0.717, 1.165) is 18.4 Å². The summed E-state index contributed by atoms with van der Waals surface area (Å²) in [7, 11) is -5.04. The first kappa shape index (κ1) is 14.4. The van der Waals surface area contributed by atoms with E-state index in [1.165, 1.54) is 18.2 Å². The molecule has 96 valence electrons. The van der Waals surface area contributed by atoms with E-state index in [2.05, 4.69) is 19.6 Å². The minimum absolute atomic E-state index is 0.0357. The molecule has 3 nitrogen and oxygen atoms in total. The second-order valence-corrected chi connectivity index (χ2v) is 12.6. The van der Waals surface area contributed by atoms with Crippen LogP contribution >= 0.6 is 0 Å². The van der Waals surface area contributed by atoms with Gasteiger partial charge in [-0.05, 0) is 24.1 Å². The van der Waals surface area contributed by atoms with Gasteiger partial charge in [-0.3, -0.25) is 4.55 Å². The maximum atomic E-state index is 10.9. The maximum absolute atomic E-state index is 10.9. The molecule has 1 aromatic carbocycles. The molecular formula is C12H20O3SSi. The Morgan fingerprint density at radius 1 is 1.12 bits per heavy atom. The van der Waals surface area contributed by atoms with E-state index < -0.39 is 18.2 Å². The smallest absolute Gasteiger partial charge is 0.282 e. The van der Waals surface area contributed by atoms with Gasteiger partial charge in [0.15, 0.2) is 0 Å². The third-order valence-electron chi connectivity index (χ3n) is 2.61. The quantitative estimate of drug-likeness (QED) is 0.661. The Morgan fingerprint density at radius 2 is 1.65 bits per heavy atom. The summed E-state index contributed by atoms with van der Waals surface area (Å²) in [6, 6.07) is 7.73. The molecule has 0 spiro atoms. The first-order valence-electron chi connectivity index (χ1n) is 5.75. The summed E-state index contributed by atoms with van der Waals surface area (Å²) < 4.78 is 30.5. The van der Waals surface area contributed by atoms with Crippen LogP contribution in [0.4, 0.5) is 0 Å². The predicted octanol–water partition coefficient (Wildman–Crippen LogP) is 3.20. The number of rotatable bonds is 5. The summed E-state index contributed by atoms with van der Waals surface area (Å²) in [5, 5.41) is 0. The molecule has 0 atom stereocenters. The molecule has 0 aliphatic rings. The number of aryl methyl sites for hydroxylation is 1. The zero-order valence-corrected chi connectivity index (χ0v) is 12.4. The molecule has 0 radical (unpaired) electrons. The maximum Gasteiger partial charge on any atom is 0.294 e. The van der Waals surface area contributed by atoms with Crippen molar-refractivity contribution in [1.82, 2.24) is 0 Å². The van der Waals surface area contributed by atoms with Gasteiger partial charge in [-0.2, -0.15) is 8.42 Å². The molecule has 0 amide bonds. The third kappa shape index (κ3) is 5.47. The average molecular weight is 272 g/mol. The van der Waals surface area contributed by atoms with Crippen LogP contribution in [0.25, 0.3) is 0 Å². The van der Waals surface area contributed by atoms with Gasteiger partial charge in [0.2, 0.25) is 0 Å². The highest BCUT2D eigenvalue weighted by Gasteiger charge is 2.12. The molecule has 0 aliphatic carbocycles. The Hall–Kier alpha value is -0.653. The van der Waals surface area contributed by atoms with Crippen molar-refractivity contribution in [3.63, 3.8) is 0 Å². The van der Waals surface area contributed by atoms with Crippen molar-refractivity contribution in [1.29, 1.82) is 0 Å². The second kappa shape index (κ2) is 5.33. The lowest BCUT2D eigenvalue weighted by Crippen LogP contribution is -2.18. The van der Waals surface area contributed by atoms with Crippen molar-refractivity contribution >= 4 is 18.2 Å². The van der Waals surface area contributed by atoms with E-state index in [9.17, 15) is 8.42 Å². The van der Waals surface area contributed by atoms with Gasteiger partial charge in [0.25, 0.3) is 10.1 Å². The fourth-order valence-electron chi connectivity index (χ4n) is 1.65. The van der Waals surface area contributed by atoms with Gasteiger partial charge < -0.3 is 0 Å². The molecule has 0 bridgehead atoms. The molecule has 0 unspecified atom stereocenters. The summed E-state index contributed by atoms with van der Waals surface area (Å²) in [5.74, 6) is 0. The summed E-state index contributed by atoms with van der Waals surface area (Å²) in [5.41, 5.74) is 1.12. The predicted molar refractivity (Wildman–Crippen MR) is 72.7 cm³/mol. The Labute approximate surface area is 105 Å². The highest BCUT2D eigenvalue weighted by Crippen LogP contribution is 2.16. The molecular weight excluding hydrogens is 252 g/mol. The van der Waals surface area contributed by atoms with Crippen molar-refractivity contribution in [2.24, 2.45) is 0 Å². The molecule has 0 saturated carbocycles. The van der Waals surface area contributed by atoms with E-state index in [1.807, 2.05) is 0 Å². The lowest BCUT2D eigenvalue weighted by molar-refractivity contribution is 0.483. The van der Waals surface area contributed by atoms with Crippen LogP contribution in [0.1, 0.15) is 12.0 Å². The standard InChI is InChI=1S/C12H20O3SSi/c1-17(2,3)10-4-5-11-6-8-12(9-7-11)16(13,14)15/h6-9H,4-5,10H2,1-3H3,(H,13,14,15). The molecule has 0 heterocycles. The monoisotopic (exact) mass is 272 g/mol. The normalized spacial score (nSPS) is 12.7. The zero-order valence-electron chi connectivity index (χ0n) is 10.6. The molecule has 5 heteroatoms. The number of hydrogen-bond donors (Lipinski definition) is 1.